The molecular weight excluding hydrogens is 317 g/mol. The number of hydrogen-bond donors (Lipinski definition) is 1. The number of halogens is 2. The van der Waals surface area contributed by atoms with Gasteiger partial charge in [-0.2, -0.15) is 0 Å². The third kappa shape index (κ3) is 2.38. The summed E-state index contributed by atoms with van der Waals surface area (Å²) in [6, 6.07) is 8.28. The second-order valence-corrected chi connectivity index (χ2v) is 6.14. The van der Waals surface area contributed by atoms with Crippen LogP contribution in [0.5, 0.6) is 0 Å². The van der Waals surface area contributed by atoms with Crippen molar-refractivity contribution in [2.45, 2.75) is 0 Å². The van der Waals surface area contributed by atoms with Crippen LogP contribution in [-0.4, -0.2) is 16.1 Å². The van der Waals surface area contributed by atoms with Crippen molar-refractivity contribution < 1.29 is 9.90 Å². The van der Waals surface area contributed by atoms with Gasteiger partial charge in [0.05, 0.1) is 21.1 Å². The molecule has 0 bridgehead atoms. The Morgan fingerprint density at radius 2 is 2.00 bits per heavy atom. The molecule has 2 heterocycles. The first-order chi connectivity index (χ1) is 9.54. The molecule has 2 aromatic heterocycles. The van der Waals surface area contributed by atoms with Gasteiger partial charge >= 0.3 is 5.97 Å². The van der Waals surface area contributed by atoms with E-state index in [1.54, 1.807) is 30.3 Å². The first-order valence-corrected chi connectivity index (χ1v) is 7.26. The molecule has 6 heteroatoms. The number of pyridine rings is 1. The Kier molecular flexibility index (Phi) is 3.38. The quantitative estimate of drug-likeness (QED) is 0.724. The number of carboxylic acid groups (broad SMARTS) is 1. The number of thiophene rings is 1. The number of benzene rings is 1. The minimum Gasteiger partial charge on any atom is -0.478 e. The Bertz CT molecular complexity index is 829. The summed E-state index contributed by atoms with van der Waals surface area (Å²) in [5.74, 6) is -0.998. The average Bonchev–Trinajstić information content (AvgIpc) is 2.83. The predicted molar refractivity (Wildman–Crippen MR) is 82.0 cm³/mol. The number of rotatable bonds is 2. The van der Waals surface area contributed by atoms with Gasteiger partial charge in [-0.1, -0.05) is 29.3 Å². The van der Waals surface area contributed by atoms with E-state index in [2.05, 4.69) is 4.98 Å². The zero-order chi connectivity index (χ0) is 14.3. The second-order valence-electron chi connectivity index (χ2n) is 4.16. The van der Waals surface area contributed by atoms with Gasteiger partial charge in [0.25, 0.3) is 0 Å². The summed E-state index contributed by atoms with van der Waals surface area (Å²) < 4.78 is 0.630. The van der Waals surface area contributed by atoms with Crippen molar-refractivity contribution in [2.24, 2.45) is 0 Å². The Balaban J connectivity index is 2.32. The van der Waals surface area contributed by atoms with Crippen LogP contribution in [0.2, 0.25) is 9.36 Å². The van der Waals surface area contributed by atoms with Gasteiger partial charge in [0, 0.05) is 21.4 Å². The lowest BCUT2D eigenvalue weighted by atomic mass is 10.1. The molecule has 0 aliphatic heterocycles. The SMILES string of the molecule is O=C(O)c1cc(-c2csc(Cl)c2)nc2cc(Cl)ccc12. The summed E-state index contributed by atoms with van der Waals surface area (Å²) in [4.78, 5) is 15.9. The van der Waals surface area contributed by atoms with Gasteiger partial charge in [0.1, 0.15) is 0 Å². The topological polar surface area (TPSA) is 50.2 Å². The lowest BCUT2D eigenvalue weighted by molar-refractivity contribution is 0.0699. The molecule has 1 N–H and O–H groups in total. The van der Waals surface area contributed by atoms with Crippen molar-refractivity contribution in [3.63, 3.8) is 0 Å². The lowest BCUT2D eigenvalue weighted by Gasteiger charge is -2.06. The Hall–Kier alpha value is -1.62. The number of carboxylic acids is 1. The zero-order valence-corrected chi connectivity index (χ0v) is 12.3. The fourth-order valence-corrected chi connectivity index (χ4v) is 3.01. The molecule has 0 saturated carbocycles. The first kappa shape index (κ1) is 13.4. The molecule has 3 rings (SSSR count). The Labute approximate surface area is 128 Å². The van der Waals surface area contributed by atoms with Crippen molar-refractivity contribution in [1.82, 2.24) is 4.98 Å². The van der Waals surface area contributed by atoms with Crippen LogP contribution in [0.15, 0.2) is 35.7 Å². The standard InChI is InChI=1S/C14H7Cl2NO2S/c15-8-1-2-9-10(14(18)19)5-11(17-12(9)4-8)7-3-13(16)20-6-7/h1-6H,(H,18,19). The third-order valence-electron chi connectivity index (χ3n) is 2.87. The van der Waals surface area contributed by atoms with Crippen LogP contribution in [0.1, 0.15) is 10.4 Å². The van der Waals surface area contributed by atoms with Crippen LogP contribution in [0.3, 0.4) is 0 Å². The minimum atomic E-state index is -0.998. The van der Waals surface area contributed by atoms with E-state index in [9.17, 15) is 9.90 Å². The van der Waals surface area contributed by atoms with E-state index in [1.807, 2.05) is 5.38 Å². The highest BCUT2D eigenvalue weighted by Crippen LogP contribution is 2.31. The molecule has 0 spiro atoms. The third-order valence-corrected chi connectivity index (χ3v) is 4.19. The van der Waals surface area contributed by atoms with Gasteiger partial charge < -0.3 is 5.11 Å². The van der Waals surface area contributed by atoms with Crippen molar-refractivity contribution in [3.8, 4) is 11.3 Å². The van der Waals surface area contributed by atoms with Crippen LogP contribution in [0, 0.1) is 0 Å². The maximum Gasteiger partial charge on any atom is 0.336 e. The number of nitrogens with zero attached hydrogens (tertiary/aromatic N) is 1. The summed E-state index contributed by atoms with van der Waals surface area (Å²) in [5.41, 5.74) is 2.11. The van der Waals surface area contributed by atoms with Crippen LogP contribution >= 0.6 is 34.5 Å². The molecule has 0 fully saturated rings. The molecule has 0 saturated heterocycles. The number of hydrogen-bond acceptors (Lipinski definition) is 3. The summed E-state index contributed by atoms with van der Waals surface area (Å²) >= 11 is 13.2. The summed E-state index contributed by atoms with van der Waals surface area (Å²) in [7, 11) is 0. The lowest BCUT2D eigenvalue weighted by Crippen LogP contribution is -2.00. The van der Waals surface area contributed by atoms with E-state index < -0.39 is 5.97 Å². The summed E-state index contributed by atoms with van der Waals surface area (Å²) in [6.45, 7) is 0. The number of carbonyl (C=O) groups is 1. The molecule has 0 aliphatic carbocycles. The van der Waals surface area contributed by atoms with Gasteiger partial charge in [-0.25, -0.2) is 9.78 Å². The monoisotopic (exact) mass is 323 g/mol. The second kappa shape index (κ2) is 5.05. The van der Waals surface area contributed by atoms with Crippen LogP contribution in [0.4, 0.5) is 0 Å². The average molecular weight is 324 g/mol. The van der Waals surface area contributed by atoms with Crippen LogP contribution in [0.25, 0.3) is 22.2 Å². The number of fused-ring (bicyclic) bond motifs is 1. The highest BCUT2D eigenvalue weighted by Gasteiger charge is 2.14. The maximum absolute atomic E-state index is 11.4. The number of aromatic nitrogens is 1. The molecule has 100 valence electrons. The normalized spacial score (nSPS) is 10.9. The van der Waals surface area contributed by atoms with E-state index >= 15 is 0 Å². The van der Waals surface area contributed by atoms with E-state index in [-0.39, 0.29) is 5.56 Å². The van der Waals surface area contributed by atoms with E-state index in [0.29, 0.717) is 26.0 Å². The minimum absolute atomic E-state index is 0.198. The van der Waals surface area contributed by atoms with Crippen molar-refractivity contribution in [3.05, 3.63) is 50.6 Å². The largest absolute Gasteiger partial charge is 0.478 e. The molecule has 1 aromatic carbocycles. The smallest absolute Gasteiger partial charge is 0.336 e. The Morgan fingerprint density at radius 1 is 1.20 bits per heavy atom. The zero-order valence-electron chi connectivity index (χ0n) is 9.93. The molecular formula is C14H7Cl2NO2S. The first-order valence-electron chi connectivity index (χ1n) is 5.62. The molecule has 0 radical (unpaired) electrons. The van der Waals surface area contributed by atoms with E-state index in [0.717, 1.165) is 5.56 Å². The maximum atomic E-state index is 11.4. The summed E-state index contributed by atoms with van der Waals surface area (Å²) in [6.07, 6.45) is 0. The van der Waals surface area contributed by atoms with E-state index in [4.69, 9.17) is 23.2 Å². The molecule has 20 heavy (non-hydrogen) atoms. The van der Waals surface area contributed by atoms with Crippen molar-refractivity contribution in [1.29, 1.82) is 0 Å². The molecule has 0 amide bonds. The Morgan fingerprint density at radius 3 is 2.65 bits per heavy atom. The molecule has 3 aromatic rings. The number of aromatic carboxylic acids is 1. The van der Waals surface area contributed by atoms with Crippen molar-refractivity contribution >= 4 is 51.4 Å². The molecule has 0 aliphatic rings. The molecule has 3 nitrogen and oxygen atoms in total. The molecule has 0 atom stereocenters. The predicted octanol–water partition coefficient (Wildman–Crippen LogP) is 4.97. The van der Waals surface area contributed by atoms with Gasteiger partial charge in [-0.3, -0.25) is 0 Å². The highest BCUT2D eigenvalue weighted by molar-refractivity contribution is 7.14. The van der Waals surface area contributed by atoms with Gasteiger partial charge in [-0.05, 0) is 24.3 Å². The fraction of sp³-hybridized carbons (Fsp3) is 0. The highest BCUT2D eigenvalue weighted by atomic mass is 35.5. The van der Waals surface area contributed by atoms with Gasteiger partial charge in [0.15, 0.2) is 0 Å². The van der Waals surface area contributed by atoms with Crippen LogP contribution < -0.4 is 0 Å². The molecule has 0 unspecified atom stereocenters. The van der Waals surface area contributed by atoms with Crippen molar-refractivity contribution in [2.75, 3.05) is 0 Å². The summed E-state index contributed by atoms with van der Waals surface area (Å²) in [5, 5.41) is 12.3. The van der Waals surface area contributed by atoms with Gasteiger partial charge in [0.2, 0.25) is 0 Å². The van der Waals surface area contributed by atoms with Crippen LogP contribution in [-0.2, 0) is 0 Å². The van der Waals surface area contributed by atoms with E-state index in [1.165, 1.54) is 11.3 Å². The van der Waals surface area contributed by atoms with Gasteiger partial charge in [-0.15, -0.1) is 11.3 Å². The fourth-order valence-electron chi connectivity index (χ4n) is 1.97.